The smallest absolute Gasteiger partial charge is 0.222 e. The van der Waals surface area contributed by atoms with Crippen LogP contribution in [0.25, 0.3) is 0 Å². The van der Waals surface area contributed by atoms with Gasteiger partial charge in [-0.2, -0.15) is 5.26 Å². The second kappa shape index (κ2) is 8.20. The third-order valence-corrected chi connectivity index (χ3v) is 5.77. The van der Waals surface area contributed by atoms with Gasteiger partial charge in [0.25, 0.3) is 0 Å². The summed E-state index contributed by atoms with van der Waals surface area (Å²) in [4.78, 5) is 19.1. The van der Waals surface area contributed by atoms with Crippen LogP contribution in [0.15, 0.2) is 24.3 Å². The summed E-state index contributed by atoms with van der Waals surface area (Å²) in [6, 6.07) is 10.2. The molecule has 1 aromatic carbocycles. The molecule has 0 saturated carbocycles. The molecular weight excluding hydrogens is 324 g/mol. The van der Waals surface area contributed by atoms with Crippen molar-refractivity contribution in [3.8, 4) is 6.07 Å². The van der Waals surface area contributed by atoms with E-state index in [4.69, 9.17) is 5.26 Å². The molecule has 1 amide bonds. The van der Waals surface area contributed by atoms with Gasteiger partial charge < -0.3 is 9.80 Å². The van der Waals surface area contributed by atoms with Gasteiger partial charge in [-0.05, 0) is 57.6 Å². The fraction of sp³-hybridized carbons (Fsp3) is 0.619. The average molecular weight is 354 g/mol. The van der Waals surface area contributed by atoms with Crippen LogP contribution >= 0.6 is 0 Å². The van der Waals surface area contributed by atoms with Gasteiger partial charge in [-0.15, -0.1) is 0 Å². The molecular formula is C21H30N4O. The van der Waals surface area contributed by atoms with Gasteiger partial charge in [0.2, 0.25) is 5.91 Å². The Balaban J connectivity index is 1.64. The largest absolute Gasteiger partial charge is 0.341 e. The Bertz CT molecular complexity index is 681. The second-order valence-electron chi connectivity index (χ2n) is 8.24. The molecule has 3 rings (SSSR count). The molecule has 2 saturated heterocycles. The van der Waals surface area contributed by atoms with Gasteiger partial charge in [0.1, 0.15) is 0 Å². The number of hydrogen-bond donors (Lipinski definition) is 0. The molecule has 0 aliphatic carbocycles. The van der Waals surface area contributed by atoms with Crippen molar-refractivity contribution in [2.75, 3.05) is 46.8 Å². The number of carbonyl (C=O) groups is 1. The van der Waals surface area contributed by atoms with Crippen molar-refractivity contribution < 1.29 is 4.79 Å². The number of likely N-dealkylation sites (tertiary alicyclic amines) is 2. The van der Waals surface area contributed by atoms with Crippen LogP contribution in [0.5, 0.6) is 0 Å². The van der Waals surface area contributed by atoms with Crippen molar-refractivity contribution >= 4 is 5.91 Å². The zero-order valence-electron chi connectivity index (χ0n) is 16.1. The minimum atomic E-state index is 0.241. The highest BCUT2D eigenvalue weighted by Crippen LogP contribution is 2.39. The molecule has 0 N–H and O–H groups in total. The van der Waals surface area contributed by atoms with Gasteiger partial charge in [0.05, 0.1) is 11.6 Å². The molecule has 2 fully saturated rings. The Labute approximate surface area is 157 Å². The second-order valence-corrected chi connectivity index (χ2v) is 8.24. The number of hydrogen-bond acceptors (Lipinski definition) is 4. The Morgan fingerprint density at radius 3 is 2.88 bits per heavy atom. The Kier molecular flexibility index (Phi) is 5.95. The molecule has 5 heteroatoms. The van der Waals surface area contributed by atoms with Crippen LogP contribution in [-0.4, -0.2) is 67.4 Å². The van der Waals surface area contributed by atoms with Gasteiger partial charge in [-0.1, -0.05) is 12.1 Å². The SMILES string of the molecule is CN(C)CCN1C[C@]2(CCCN(Cc3cccc(C#N)c3)C2)CCC1=O. The quantitative estimate of drug-likeness (QED) is 0.814. The summed E-state index contributed by atoms with van der Waals surface area (Å²) in [5.41, 5.74) is 2.18. The maximum atomic E-state index is 12.3. The highest BCUT2D eigenvalue weighted by atomic mass is 16.2. The zero-order valence-corrected chi connectivity index (χ0v) is 16.1. The van der Waals surface area contributed by atoms with E-state index < -0.39 is 0 Å². The number of benzene rings is 1. The monoisotopic (exact) mass is 354 g/mol. The summed E-state index contributed by atoms with van der Waals surface area (Å²) in [7, 11) is 4.11. The molecule has 0 unspecified atom stereocenters. The normalized spacial score (nSPS) is 24.2. The van der Waals surface area contributed by atoms with Crippen LogP contribution in [0.4, 0.5) is 0 Å². The first-order chi connectivity index (χ1) is 12.5. The molecule has 1 spiro atoms. The lowest BCUT2D eigenvalue weighted by atomic mass is 9.73. The average Bonchev–Trinajstić information content (AvgIpc) is 2.63. The van der Waals surface area contributed by atoms with E-state index in [-0.39, 0.29) is 5.41 Å². The Hall–Kier alpha value is -1.90. The predicted molar refractivity (Wildman–Crippen MR) is 102 cm³/mol. The van der Waals surface area contributed by atoms with E-state index in [0.29, 0.717) is 12.3 Å². The summed E-state index contributed by atoms with van der Waals surface area (Å²) >= 11 is 0. The number of carbonyl (C=O) groups excluding carboxylic acids is 1. The fourth-order valence-electron chi connectivity index (χ4n) is 4.40. The number of nitrogens with zero attached hydrogens (tertiary/aromatic N) is 4. The number of nitriles is 1. The first kappa shape index (κ1) is 18.9. The van der Waals surface area contributed by atoms with Crippen molar-refractivity contribution in [2.45, 2.75) is 32.2 Å². The van der Waals surface area contributed by atoms with Gasteiger partial charge in [-0.25, -0.2) is 0 Å². The van der Waals surface area contributed by atoms with Crippen LogP contribution in [0.1, 0.15) is 36.8 Å². The van der Waals surface area contributed by atoms with Crippen LogP contribution in [0.3, 0.4) is 0 Å². The molecule has 2 heterocycles. The molecule has 26 heavy (non-hydrogen) atoms. The number of rotatable bonds is 5. The van der Waals surface area contributed by atoms with Gasteiger partial charge in [-0.3, -0.25) is 9.69 Å². The molecule has 0 aromatic heterocycles. The first-order valence-electron chi connectivity index (χ1n) is 9.64. The fourth-order valence-corrected chi connectivity index (χ4v) is 4.40. The molecule has 1 atom stereocenters. The standard InChI is InChI=1S/C21H30N4O/c1-23(2)11-12-25-17-21(9-7-20(25)26)8-4-10-24(16-21)15-19-6-3-5-18(13-19)14-22/h3,5-6,13H,4,7-12,15-17H2,1-2H3/t21-/m1/s1. The Morgan fingerprint density at radius 1 is 1.27 bits per heavy atom. The minimum Gasteiger partial charge on any atom is -0.341 e. The van der Waals surface area contributed by atoms with Gasteiger partial charge in [0.15, 0.2) is 0 Å². The van der Waals surface area contributed by atoms with Crippen LogP contribution < -0.4 is 0 Å². The Morgan fingerprint density at radius 2 is 2.12 bits per heavy atom. The topological polar surface area (TPSA) is 50.6 Å². The molecule has 1 aromatic rings. The van der Waals surface area contributed by atoms with Crippen molar-refractivity contribution in [3.63, 3.8) is 0 Å². The summed E-state index contributed by atoms with van der Waals surface area (Å²) in [5, 5.41) is 9.11. The van der Waals surface area contributed by atoms with E-state index in [0.717, 1.165) is 51.3 Å². The van der Waals surface area contributed by atoms with E-state index in [2.05, 4.69) is 40.9 Å². The number of likely N-dealkylation sites (N-methyl/N-ethyl adjacent to an activating group) is 1. The van der Waals surface area contributed by atoms with Crippen LogP contribution in [0.2, 0.25) is 0 Å². The van der Waals surface area contributed by atoms with Crippen LogP contribution in [-0.2, 0) is 11.3 Å². The van der Waals surface area contributed by atoms with E-state index in [9.17, 15) is 4.79 Å². The van der Waals surface area contributed by atoms with Crippen LogP contribution in [0, 0.1) is 16.7 Å². The summed E-state index contributed by atoms with van der Waals surface area (Å²) in [5.74, 6) is 0.316. The summed E-state index contributed by atoms with van der Waals surface area (Å²) in [6.45, 7) is 5.70. The van der Waals surface area contributed by atoms with Gasteiger partial charge >= 0.3 is 0 Å². The molecule has 0 bridgehead atoms. The lowest BCUT2D eigenvalue weighted by Gasteiger charge is -2.48. The predicted octanol–water partition coefficient (Wildman–Crippen LogP) is 2.32. The highest BCUT2D eigenvalue weighted by molar-refractivity contribution is 5.77. The van der Waals surface area contributed by atoms with E-state index in [1.165, 1.54) is 18.4 Å². The maximum absolute atomic E-state index is 12.3. The van der Waals surface area contributed by atoms with Crippen molar-refractivity contribution in [1.82, 2.24) is 14.7 Å². The van der Waals surface area contributed by atoms with Crippen molar-refractivity contribution in [1.29, 1.82) is 5.26 Å². The molecule has 140 valence electrons. The molecule has 2 aliphatic rings. The van der Waals surface area contributed by atoms with E-state index in [1.54, 1.807) is 0 Å². The molecule has 2 aliphatic heterocycles. The minimum absolute atomic E-state index is 0.241. The summed E-state index contributed by atoms with van der Waals surface area (Å²) in [6.07, 6.45) is 4.10. The van der Waals surface area contributed by atoms with Crippen molar-refractivity contribution in [2.24, 2.45) is 5.41 Å². The molecule has 5 nitrogen and oxygen atoms in total. The molecule has 0 radical (unpaired) electrons. The highest BCUT2D eigenvalue weighted by Gasteiger charge is 2.41. The third kappa shape index (κ3) is 4.63. The zero-order chi connectivity index (χ0) is 18.6. The van der Waals surface area contributed by atoms with E-state index in [1.807, 2.05) is 18.2 Å². The van der Waals surface area contributed by atoms with Gasteiger partial charge in [0, 0.05) is 44.6 Å². The number of amides is 1. The summed E-state index contributed by atoms with van der Waals surface area (Å²) < 4.78 is 0. The lowest BCUT2D eigenvalue weighted by Crippen LogP contribution is -2.54. The first-order valence-corrected chi connectivity index (χ1v) is 9.64. The van der Waals surface area contributed by atoms with E-state index >= 15 is 0 Å². The van der Waals surface area contributed by atoms with Crippen molar-refractivity contribution in [3.05, 3.63) is 35.4 Å². The third-order valence-electron chi connectivity index (χ3n) is 5.77. The maximum Gasteiger partial charge on any atom is 0.222 e. The number of piperidine rings is 2. The lowest BCUT2D eigenvalue weighted by molar-refractivity contribution is -0.139.